The van der Waals surface area contributed by atoms with E-state index in [1.807, 2.05) is 0 Å². The van der Waals surface area contributed by atoms with Crippen LogP contribution >= 0.6 is 11.6 Å². The van der Waals surface area contributed by atoms with Gasteiger partial charge in [-0.1, -0.05) is 0 Å². The molecule has 1 rings (SSSR count). The number of rotatable bonds is 8. The standard InChI is InChI=1S/C13H23ClN4O8/c1-6(15-13(23)18(17-24)4-3-14)11(22)16-8-10(21)9(20)7(5-19)26-12(8)25-2/h6-10,12,19-21H,3-5H2,1-2H3,(H,15,23)(H,16,22)/t6-,7+,8+,9+,10+,12-/m0/s1. The van der Waals surface area contributed by atoms with E-state index in [0.29, 0.717) is 5.01 Å². The molecule has 0 unspecified atom stereocenters. The van der Waals surface area contributed by atoms with Gasteiger partial charge in [-0.05, 0) is 6.92 Å². The molecule has 0 saturated carbocycles. The maximum absolute atomic E-state index is 12.2. The van der Waals surface area contributed by atoms with Crippen LogP contribution in [-0.2, 0) is 14.3 Å². The maximum Gasteiger partial charge on any atom is 0.341 e. The Hall–Kier alpha value is -1.57. The van der Waals surface area contributed by atoms with Crippen LogP contribution in [0.25, 0.3) is 0 Å². The largest absolute Gasteiger partial charge is 0.394 e. The first kappa shape index (κ1) is 22.5. The Morgan fingerprint density at radius 1 is 1.38 bits per heavy atom. The number of aliphatic hydroxyl groups excluding tert-OH is 3. The molecule has 3 amide bonds. The van der Waals surface area contributed by atoms with Crippen LogP contribution in [0, 0.1) is 4.91 Å². The summed E-state index contributed by atoms with van der Waals surface area (Å²) in [5.41, 5.74) is 0. The van der Waals surface area contributed by atoms with E-state index in [0.717, 1.165) is 0 Å². The lowest BCUT2D eigenvalue weighted by atomic mass is 9.96. The number of hydrogen-bond acceptors (Lipinski definition) is 9. The fourth-order valence-electron chi connectivity index (χ4n) is 2.31. The highest BCUT2D eigenvalue weighted by Crippen LogP contribution is 2.21. The van der Waals surface area contributed by atoms with Crippen molar-refractivity contribution in [2.24, 2.45) is 5.29 Å². The van der Waals surface area contributed by atoms with Crippen LogP contribution in [-0.4, -0.2) is 95.1 Å². The van der Waals surface area contributed by atoms with Crippen LogP contribution in [0.15, 0.2) is 5.29 Å². The third-order valence-corrected chi connectivity index (χ3v) is 3.95. The number of ether oxygens (including phenoxy) is 2. The second-order valence-corrected chi connectivity index (χ2v) is 5.92. The quantitative estimate of drug-likeness (QED) is 0.175. The number of carbonyl (C=O) groups is 2. The molecule has 26 heavy (non-hydrogen) atoms. The summed E-state index contributed by atoms with van der Waals surface area (Å²) in [6.45, 7) is 0.642. The Kier molecular flexibility index (Phi) is 9.12. The highest BCUT2D eigenvalue weighted by Gasteiger charge is 2.45. The molecule has 0 aromatic rings. The van der Waals surface area contributed by atoms with Gasteiger partial charge >= 0.3 is 6.03 Å². The molecule has 150 valence electrons. The summed E-state index contributed by atoms with van der Waals surface area (Å²) < 4.78 is 10.3. The molecule has 0 aromatic carbocycles. The Morgan fingerprint density at radius 2 is 2.04 bits per heavy atom. The number of amides is 3. The van der Waals surface area contributed by atoms with Crippen molar-refractivity contribution < 1.29 is 34.4 Å². The van der Waals surface area contributed by atoms with Crippen LogP contribution in [0.5, 0.6) is 0 Å². The van der Waals surface area contributed by atoms with Gasteiger partial charge in [-0.15, -0.1) is 16.5 Å². The van der Waals surface area contributed by atoms with Gasteiger partial charge < -0.3 is 35.4 Å². The minimum Gasteiger partial charge on any atom is -0.394 e. The molecule has 1 saturated heterocycles. The van der Waals surface area contributed by atoms with Gasteiger partial charge in [-0.3, -0.25) is 4.79 Å². The minimum absolute atomic E-state index is 0.0230. The molecule has 1 heterocycles. The van der Waals surface area contributed by atoms with Crippen LogP contribution in [0.1, 0.15) is 6.92 Å². The fraction of sp³-hybridized carbons (Fsp3) is 0.846. The van der Waals surface area contributed by atoms with E-state index in [1.54, 1.807) is 0 Å². The van der Waals surface area contributed by atoms with E-state index < -0.39 is 55.2 Å². The number of nitrogens with zero attached hydrogens (tertiary/aromatic N) is 2. The molecule has 0 radical (unpaired) electrons. The molecular weight excluding hydrogens is 376 g/mol. The predicted molar refractivity (Wildman–Crippen MR) is 87.9 cm³/mol. The minimum atomic E-state index is -1.48. The molecule has 12 nitrogen and oxygen atoms in total. The summed E-state index contributed by atoms with van der Waals surface area (Å²) in [7, 11) is 1.26. The monoisotopic (exact) mass is 398 g/mol. The first-order valence-corrected chi connectivity index (χ1v) is 8.27. The number of hydrogen-bond donors (Lipinski definition) is 5. The SMILES string of the molecule is CO[C@H]1O[C@H](CO)[C@@H](O)[C@H](O)[C@H]1NC(=O)[C@H](C)NC(=O)N(CCCl)N=O. The number of aliphatic hydroxyl groups is 3. The molecule has 0 bridgehead atoms. The van der Waals surface area contributed by atoms with E-state index in [4.69, 9.17) is 26.2 Å². The van der Waals surface area contributed by atoms with Gasteiger partial charge in [0.25, 0.3) is 0 Å². The van der Waals surface area contributed by atoms with Gasteiger partial charge in [-0.25, -0.2) is 4.79 Å². The number of alkyl halides is 1. The van der Waals surface area contributed by atoms with Crippen LogP contribution in [0.3, 0.4) is 0 Å². The van der Waals surface area contributed by atoms with Gasteiger partial charge in [0, 0.05) is 13.0 Å². The Labute approximate surface area is 154 Å². The highest BCUT2D eigenvalue weighted by molar-refractivity contribution is 6.18. The van der Waals surface area contributed by atoms with Crippen LogP contribution in [0.2, 0.25) is 0 Å². The van der Waals surface area contributed by atoms with E-state index in [-0.39, 0.29) is 12.4 Å². The average molecular weight is 399 g/mol. The molecule has 1 fully saturated rings. The first-order chi connectivity index (χ1) is 12.3. The van der Waals surface area contributed by atoms with Crippen molar-refractivity contribution in [3.63, 3.8) is 0 Å². The zero-order valence-electron chi connectivity index (χ0n) is 14.2. The third-order valence-electron chi connectivity index (χ3n) is 3.78. The number of carbonyl (C=O) groups excluding carboxylic acids is 2. The van der Waals surface area contributed by atoms with Gasteiger partial charge in [0.1, 0.15) is 30.4 Å². The Balaban J connectivity index is 2.72. The van der Waals surface area contributed by atoms with E-state index in [1.165, 1.54) is 14.0 Å². The maximum atomic E-state index is 12.2. The van der Waals surface area contributed by atoms with Crippen molar-refractivity contribution in [1.82, 2.24) is 15.6 Å². The fourth-order valence-corrected chi connectivity index (χ4v) is 2.47. The molecule has 1 aliphatic rings. The number of urea groups is 1. The third kappa shape index (κ3) is 5.46. The van der Waals surface area contributed by atoms with Crippen molar-refractivity contribution in [2.75, 3.05) is 26.1 Å². The predicted octanol–water partition coefficient (Wildman–Crippen LogP) is -2.12. The van der Waals surface area contributed by atoms with Crippen LogP contribution in [0.4, 0.5) is 4.79 Å². The zero-order chi connectivity index (χ0) is 19.9. The molecule has 6 atom stereocenters. The first-order valence-electron chi connectivity index (χ1n) is 7.73. The van der Waals surface area contributed by atoms with Gasteiger partial charge in [0.15, 0.2) is 6.29 Å². The summed E-state index contributed by atoms with van der Waals surface area (Å²) in [6, 6.07) is -3.19. The van der Waals surface area contributed by atoms with E-state index >= 15 is 0 Å². The summed E-state index contributed by atoms with van der Waals surface area (Å²) in [4.78, 5) is 34.6. The van der Waals surface area contributed by atoms with Crippen molar-refractivity contribution >= 4 is 23.5 Å². The lowest BCUT2D eigenvalue weighted by molar-refractivity contribution is -0.262. The summed E-state index contributed by atoms with van der Waals surface area (Å²) in [5.74, 6) is -0.760. The normalized spacial score (nSPS) is 29.5. The lowest BCUT2D eigenvalue weighted by Crippen LogP contribution is -2.66. The second kappa shape index (κ2) is 10.5. The lowest BCUT2D eigenvalue weighted by Gasteiger charge is -2.42. The van der Waals surface area contributed by atoms with E-state index in [2.05, 4.69) is 15.9 Å². The molecule has 1 aliphatic heterocycles. The number of nitroso groups, excluding NO2 is 1. The van der Waals surface area contributed by atoms with Gasteiger partial charge in [0.2, 0.25) is 5.91 Å². The van der Waals surface area contributed by atoms with Gasteiger partial charge in [0.05, 0.1) is 18.4 Å². The zero-order valence-corrected chi connectivity index (χ0v) is 15.0. The number of halogens is 1. The average Bonchev–Trinajstić information content (AvgIpc) is 2.63. The van der Waals surface area contributed by atoms with Crippen molar-refractivity contribution in [3.05, 3.63) is 4.91 Å². The highest BCUT2D eigenvalue weighted by atomic mass is 35.5. The molecule has 13 heteroatoms. The molecule has 0 aromatic heterocycles. The Morgan fingerprint density at radius 3 is 2.54 bits per heavy atom. The topological polar surface area (TPSA) is 170 Å². The smallest absolute Gasteiger partial charge is 0.341 e. The summed E-state index contributed by atoms with van der Waals surface area (Å²) in [6.07, 6.45) is -5.16. The van der Waals surface area contributed by atoms with Crippen molar-refractivity contribution in [2.45, 2.75) is 43.6 Å². The molecule has 0 aliphatic carbocycles. The van der Waals surface area contributed by atoms with Crippen molar-refractivity contribution in [1.29, 1.82) is 0 Å². The van der Waals surface area contributed by atoms with E-state index in [9.17, 15) is 24.7 Å². The Bertz CT molecular complexity index is 497. The van der Waals surface area contributed by atoms with Crippen LogP contribution < -0.4 is 10.6 Å². The molecular formula is C13H23ClN4O8. The number of nitrogens with one attached hydrogen (secondary N) is 2. The summed E-state index contributed by atoms with van der Waals surface area (Å²) >= 11 is 5.44. The van der Waals surface area contributed by atoms with Gasteiger partial charge in [-0.2, -0.15) is 5.01 Å². The summed E-state index contributed by atoms with van der Waals surface area (Å²) in [5, 5.41) is 36.8. The second-order valence-electron chi connectivity index (χ2n) is 5.54. The molecule has 0 spiro atoms. The number of methoxy groups -OCH3 is 1. The molecule has 5 N–H and O–H groups in total. The van der Waals surface area contributed by atoms with Crippen molar-refractivity contribution in [3.8, 4) is 0 Å².